The van der Waals surface area contributed by atoms with E-state index in [0.29, 0.717) is 29.4 Å². The molecule has 2 N–H and O–H groups in total. The molecule has 1 atom stereocenters. The number of esters is 1. The van der Waals surface area contributed by atoms with Gasteiger partial charge in [0.15, 0.2) is 11.7 Å². The Morgan fingerprint density at radius 1 is 0.956 bits per heavy atom. The number of methoxy groups -OCH3 is 1. The fourth-order valence-electron chi connectivity index (χ4n) is 4.13. The van der Waals surface area contributed by atoms with Crippen molar-refractivity contribution in [3.63, 3.8) is 0 Å². The predicted molar refractivity (Wildman–Crippen MR) is 180 cm³/mol. The fourth-order valence-corrected chi connectivity index (χ4v) is 5.81. The first-order chi connectivity index (χ1) is 22.0. The van der Waals surface area contributed by atoms with Crippen LogP contribution in [0.4, 0.5) is 15.6 Å². The number of urea groups is 1. The Hall–Kier alpha value is -4.79. The second-order valence-electron chi connectivity index (χ2n) is 9.55. The zero-order chi connectivity index (χ0) is 31.9. The number of nitrogens with zero attached hydrogens (tertiary/aromatic N) is 2. The molecule has 0 bridgehead atoms. The summed E-state index contributed by atoms with van der Waals surface area (Å²) in [5.74, 6) is 5.99. The Morgan fingerprint density at radius 2 is 1.64 bits per heavy atom. The van der Waals surface area contributed by atoms with E-state index in [4.69, 9.17) is 9.47 Å². The molecule has 11 heteroatoms. The largest absolute Gasteiger partial charge is 0.495 e. The topological polar surface area (TPSA) is 110 Å². The summed E-state index contributed by atoms with van der Waals surface area (Å²) in [5.41, 5.74) is 2.67. The van der Waals surface area contributed by atoms with Crippen LogP contribution in [0.5, 0.6) is 5.75 Å². The molecule has 1 aromatic heterocycles. The van der Waals surface area contributed by atoms with Gasteiger partial charge in [0.05, 0.1) is 19.3 Å². The van der Waals surface area contributed by atoms with E-state index in [0.717, 1.165) is 22.5 Å². The highest BCUT2D eigenvalue weighted by Crippen LogP contribution is 2.30. The molecule has 3 amide bonds. The van der Waals surface area contributed by atoms with Crippen molar-refractivity contribution in [2.75, 3.05) is 29.7 Å². The monoisotopic (exact) mass is 642 g/mol. The highest BCUT2D eigenvalue weighted by atomic mass is 32.2. The van der Waals surface area contributed by atoms with E-state index < -0.39 is 23.9 Å². The van der Waals surface area contributed by atoms with E-state index in [9.17, 15) is 14.4 Å². The van der Waals surface area contributed by atoms with E-state index in [1.54, 1.807) is 24.1 Å². The lowest BCUT2D eigenvalue weighted by Crippen LogP contribution is -2.44. The molecule has 0 aliphatic carbocycles. The van der Waals surface area contributed by atoms with Gasteiger partial charge in [-0.25, -0.2) is 14.6 Å². The first-order valence-corrected chi connectivity index (χ1v) is 16.3. The summed E-state index contributed by atoms with van der Waals surface area (Å²) >= 11 is 2.60. The van der Waals surface area contributed by atoms with E-state index in [2.05, 4.69) is 27.5 Å². The van der Waals surface area contributed by atoms with Crippen LogP contribution in [0, 0.1) is 11.8 Å². The first kappa shape index (κ1) is 33.1. The van der Waals surface area contributed by atoms with Crippen LogP contribution < -0.4 is 20.3 Å². The summed E-state index contributed by atoms with van der Waals surface area (Å²) in [6.45, 7) is 2.13. The number of hydrogen-bond donors (Lipinski definition) is 2. The second-order valence-corrected chi connectivity index (χ2v) is 11.4. The van der Waals surface area contributed by atoms with E-state index >= 15 is 0 Å². The van der Waals surface area contributed by atoms with Gasteiger partial charge in [0.2, 0.25) is 0 Å². The number of hydrogen-bond acceptors (Lipinski definition) is 8. The maximum atomic E-state index is 13.6. The minimum atomic E-state index is -0.915. The van der Waals surface area contributed by atoms with Crippen LogP contribution in [0.2, 0.25) is 0 Å². The average Bonchev–Trinajstić information content (AvgIpc) is 3.54. The molecule has 0 saturated carbocycles. The van der Waals surface area contributed by atoms with Crippen LogP contribution >= 0.6 is 23.1 Å². The van der Waals surface area contributed by atoms with Crippen LogP contribution in [0.25, 0.3) is 0 Å². The first-order valence-electron chi connectivity index (χ1n) is 14.2. The molecular weight excluding hydrogens is 609 g/mol. The van der Waals surface area contributed by atoms with Gasteiger partial charge in [0.25, 0.3) is 5.91 Å². The highest BCUT2D eigenvalue weighted by Gasteiger charge is 2.25. The molecule has 0 aliphatic heterocycles. The number of carbonyl (C=O) groups excluding carboxylic acids is 3. The summed E-state index contributed by atoms with van der Waals surface area (Å²) in [7, 11) is 1.55. The van der Waals surface area contributed by atoms with Crippen LogP contribution in [-0.2, 0) is 21.8 Å². The standard InChI is InChI=1S/C34H34N4O5S2/c1-3-4-13-20-43-32(40)28(23-44-22-26-16-9-6-10-17-26)35-31(39)27-24-45-33(36-27)37-34(41)38(21-25-14-7-5-8-15-25)29-18-11-12-19-30(29)42-2/h5-12,14-19,24,28H,3,20-23H2,1-2H3,(H,35,39)(H,36,37,41). The number of anilines is 2. The zero-order valence-corrected chi connectivity index (χ0v) is 26.7. The zero-order valence-electron chi connectivity index (χ0n) is 25.0. The maximum absolute atomic E-state index is 13.6. The van der Waals surface area contributed by atoms with Crippen LogP contribution in [0.1, 0.15) is 35.0 Å². The number of amides is 3. The van der Waals surface area contributed by atoms with Crippen LogP contribution in [0.15, 0.2) is 90.3 Å². The van der Waals surface area contributed by atoms with E-state index in [1.807, 2.05) is 79.7 Å². The lowest BCUT2D eigenvalue weighted by Gasteiger charge is -2.24. The van der Waals surface area contributed by atoms with Gasteiger partial charge in [-0.1, -0.05) is 85.6 Å². The van der Waals surface area contributed by atoms with Crippen molar-refractivity contribution in [2.45, 2.75) is 31.7 Å². The van der Waals surface area contributed by atoms with Crippen molar-refractivity contribution >= 4 is 51.8 Å². The van der Waals surface area contributed by atoms with Crippen LogP contribution in [-0.4, -0.2) is 48.4 Å². The molecule has 0 fully saturated rings. The van der Waals surface area contributed by atoms with E-state index in [-0.39, 0.29) is 24.0 Å². The van der Waals surface area contributed by atoms with Crippen molar-refractivity contribution < 1.29 is 23.9 Å². The fraction of sp³-hybridized carbons (Fsp3) is 0.235. The maximum Gasteiger partial charge on any atom is 0.330 e. The number of thiazole rings is 1. The van der Waals surface area contributed by atoms with Crippen molar-refractivity contribution in [3.05, 3.63) is 107 Å². The SMILES string of the molecule is CCC#CCOC(=O)C(CSCc1ccccc1)NC(=O)c1csc(NC(=O)N(Cc2ccccc2)c2ccccc2OC)n1. The minimum absolute atomic E-state index is 0.0546. The molecule has 1 heterocycles. The quantitative estimate of drug-likeness (QED) is 0.129. The third kappa shape index (κ3) is 10.1. The van der Waals surface area contributed by atoms with Crippen molar-refractivity contribution in [1.29, 1.82) is 0 Å². The third-order valence-electron chi connectivity index (χ3n) is 6.33. The molecule has 45 heavy (non-hydrogen) atoms. The summed E-state index contributed by atoms with van der Waals surface area (Å²) in [6, 6.07) is 25.3. The molecule has 0 aliphatic rings. The Labute approximate surface area is 271 Å². The number of benzene rings is 3. The van der Waals surface area contributed by atoms with Crippen molar-refractivity contribution in [1.82, 2.24) is 10.3 Å². The molecule has 0 saturated heterocycles. The third-order valence-corrected chi connectivity index (χ3v) is 8.19. The van der Waals surface area contributed by atoms with Gasteiger partial charge in [-0.15, -0.1) is 17.3 Å². The molecule has 0 radical (unpaired) electrons. The molecule has 232 valence electrons. The van der Waals surface area contributed by atoms with Crippen LogP contribution in [0.3, 0.4) is 0 Å². The molecule has 3 aromatic carbocycles. The summed E-state index contributed by atoms with van der Waals surface area (Å²) in [6.07, 6.45) is 0.649. The number of rotatable bonds is 13. The number of para-hydroxylation sites is 2. The summed E-state index contributed by atoms with van der Waals surface area (Å²) in [5, 5.41) is 7.31. The molecule has 9 nitrogen and oxygen atoms in total. The highest BCUT2D eigenvalue weighted by molar-refractivity contribution is 7.98. The van der Waals surface area contributed by atoms with E-state index in [1.165, 1.54) is 17.1 Å². The van der Waals surface area contributed by atoms with Gasteiger partial charge in [0, 0.05) is 23.3 Å². The molecule has 4 aromatic rings. The Kier molecular flexibility index (Phi) is 12.9. The lowest BCUT2D eigenvalue weighted by atomic mass is 10.2. The van der Waals surface area contributed by atoms with Crippen molar-refractivity contribution in [2.24, 2.45) is 0 Å². The smallest absolute Gasteiger partial charge is 0.330 e. The van der Waals surface area contributed by atoms with Gasteiger partial charge in [-0.3, -0.25) is 15.0 Å². The average molecular weight is 643 g/mol. The number of nitrogens with one attached hydrogen (secondary N) is 2. The molecular formula is C34H34N4O5S2. The van der Waals surface area contributed by atoms with Gasteiger partial charge >= 0.3 is 12.0 Å². The number of aromatic nitrogens is 1. The van der Waals surface area contributed by atoms with Gasteiger partial charge in [-0.05, 0) is 23.3 Å². The van der Waals surface area contributed by atoms with Gasteiger partial charge < -0.3 is 14.8 Å². The summed E-state index contributed by atoms with van der Waals surface area (Å²) in [4.78, 5) is 45.5. The summed E-state index contributed by atoms with van der Waals surface area (Å²) < 4.78 is 10.8. The van der Waals surface area contributed by atoms with Gasteiger partial charge in [-0.2, -0.15) is 11.8 Å². The van der Waals surface area contributed by atoms with Gasteiger partial charge in [0.1, 0.15) is 17.5 Å². The second kappa shape index (κ2) is 17.5. The number of ether oxygens (including phenoxy) is 2. The molecule has 4 rings (SSSR count). The Morgan fingerprint density at radius 3 is 2.36 bits per heavy atom. The normalized spacial score (nSPS) is 11.0. The Balaban J connectivity index is 1.44. The molecule has 1 unspecified atom stereocenters. The predicted octanol–water partition coefficient (Wildman–Crippen LogP) is 6.38. The lowest BCUT2D eigenvalue weighted by molar-refractivity contribution is -0.143. The Bertz CT molecular complexity index is 1620. The van der Waals surface area contributed by atoms with Crippen molar-refractivity contribution in [3.8, 4) is 17.6 Å². The number of carbonyl (C=O) groups is 3. The number of thioether (sulfide) groups is 1. The molecule has 0 spiro atoms. The minimum Gasteiger partial charge on any atom is -0.495 e.